The summed E-state index contributed by atoms with van der Waals surface area (Å²) in [6, 6.07) is 12.3. The van der Waals surface area contributed by atoms with Crippen molar-refractivity contribution in [1.29, 1.82) is 0 Å². The maximum Gasteiger partial charge on any atom is 0.326 e. The minimum Gasteiger partial charge on any atom is -0.480 e. The van der Waals surface area contributed by atoms with Gasteiger partial charge in [-0.25, -0.2) is 4.79 Å². The molecule has 0 aliphatic rings. The molecule has 0 aliphatic carbocycles. The molecule has 2 aromatic carbocycles. The zero-order valence-electron chi connectivity index (χ0n) is 10.8. The number of carbonyl (C=O) groups is 2. The van der Waals surface area contributed by atoms with Gasteiger partial charge in [-0.05, 0) is 29.8 Å². The minimum absolute atomic E-state index is 0.287. The van der Waals surface area contributed by atoms with Crippen molar-refractivity contribution < 1.29 is 14.7 Å². The molecule has 0 fully saturated rings. The van der Waals surface area contributed by atoms with Crippen LogP contribution in [-0.2, 0) is 9.59 Å². The molecule has 0 bridgehead atoms. The van der Waals surface area contributed by atoms with Crippen LogP contribution >= 0.6 is 0 Å². The maximum absolute atomic E-state index is 11.7. The molecular formula is C15H15NO3. The van der Waals surface area contributed by atoms with Gasteiger partial charge < -0.3 is 5.11 Å². The monoisotopic (exact) mass is 257 g/mol. The number of fused-ring (bicyclic) bond motifs is 1. The Hall–Kier alpha value is -2.36. The molecule has 2 aromatic rings. The van der Waals surface area contributed by atoms with Crippen LogP contribution in [0.4, 0.5) is 5.69 Å². The van der Waals surface area contributed by atoms with E-state index in [-0.39, 0.29) is 5.91 Å². The van der Waals surface area contributed by atoms with E-state index < -0.39 is 12.0 Å². The van der Waals surface area contributed by atoms with Gasteiger partial charge in [0.15, 0.2) is 0 Å². The number of anilines is 1. The van der Waals surface area contributed by atoms with Gasteiger partial charge in [-0.3, -0.25) is 9.69 Å². The quantitative estimate of drug-likeness (QED) is 0.919. The van der Waals surface area contributed by atoms with Crippen LogP contribution in [0.2, 0.25) is 0 Å². The molecule has 0 saturated heterocycles. The van der Waals surface area contributed by atoms with Crippen molar-refractivity contribution in [1.82, 2.24) is 0 Å². The molecule has 0 spiro atoms. The van der Waals surface area contributed by atoms with Gasteiger partial charge in [-0.1, -0.05) is 30.3 Å². The van der Waals surface area contributed by atoms with Gasteiger partial charge in [0.1, 0.15) is 6.04 Å². The van der Waals surface area contributed by atoms with Gasteiger partial charge in [-0.15, -0.1) is 0 Å². The second-order valence-electron chi connectivity index (χ2n) is 4.43. The fraction of sp³-hybridized carbons (Fsp3) is 0.200. The van der Waals surface area contributed by atoms with E-state index in [4.69, 9.17) is 5.11 Å². The van der Waals surface area contributed by atoms with E-state index >= 15 is 0 Å². The molecule has 0 unspecified atom stereocenters. The minimum atomic E-state index is -1.02. The SMILES string of the molecule is CC(=O)N(c1ccc2ccccc2c1)[C@H](C)C(=O)O. The van der Waals surface area contributed by atoms with E-state index in [1.807, 2.05) is 36.4 Å². The fourth-order valence-corrected chi connectivity index (χ4v) is 2.12. The third kappa shape index (κ3) is 2.57. The Labute approximate surface area is 111 Å². The van der Waals surface area contributed by atoms with Crippen molar-refractivity contribution in [3.63, 3.8) is 0 Å². The van der Waals surface area contributed by atoms with Crippen LogP contribution in [0.25, 0.3) is 10.8 Å². The molecule has 0 heterocycles. The molecule has 4 heteroatoms. The van der Waals surface area contributed by atoms with Gasteiger partial charge in [0.2, 0.25) is 5.91 Å². The Morgan fingerprint density at radius 2 is 1.74 bits per heavy atom. The summed E-state index contributed by atoms with van der Waals surface area (Å²) >= 11 is 0. The number of hydrogen-bond acceptors (Lipinski definition) is 2. The Kier molecular flexibility index (Phi) is 3.51. The molecular weight excluding hydrogens is 242 g/mol. The number of amides is 1. The van der Waals surface area contributed by atoms with Crippen LogP contribution in [0.1, 0.15) is 13.8 Å². The predicted molar refractivity (Wildman–Crippen MR) is 74.2 cm³/mol. The first kappa shape index (κ1) is 13.1. The largest absolute Gasteiger partial charge is 0.480 e. The van der Waals surface area contributed by atoms with Gasteiger partial charge in [0.25, 0.3) is 0 Å². The van der Waals surface area contributed by atoms with Gasteiger partial charge in [-0.2, -0.15) is 0 Å². The summed E-state index contributed by atoms with van der Waals surface area (Å²) in [7, 11) is 0. The lowest BCUT2D eigenvalue weighted by Crippen LogP contribution is -2.42. The standard InChI is InChI=1S/C15H15NO3/c1-10(15(18)19)16(11(2)17)14-8-7-12-5-3-4-6-13(12)9-14/h3-10H,1-2H3,(H,18,19)/t10-/m1/s1. The van der Waals surface area contributed by atoms with Crippen LogP contribution in [0, 0.1) is 0 Å². The lowest BCUT2D eigenvalue weighted by molar-refractivity contribution is -0.139. The van der Waals surface area contributed by atoms with E-state index in [9.17, 15) is 9.59 Å². The fourth-order valence-electron chi connectivity index (χ4n) is 2.12. The molecule has 0 radical (unpaired) electrons. The number of carbonyl (C=O) groups excluding carboxylic acids is 1. The second-order valence-corrected chi connectivity index (χ2v) is 4.43. The van der Waals surface area contributed by atoms with E-state index in [1.165, 1.54) is 18.7 Å². The number of hydrogen-bond donors (Lipinski definition) is 1. The molecule has 0 saturated carbocycles. The third-order valence-electron chi connectivity index (χ3n) is 3.10. The van der Waals surface area contributed by atoms with Gasteiger partial charge in [0, 0.05) is 12.6 Å². The number of rotatable bonds is 3. The summed E-state index contributed by atoms with van der Waals surface area (Å²) in [5, 5.41) is 11.1. The molecule has 1 N–H and O–H groups in total. The lowest BCUT2D eigenvalue weighted by atomic mass is 10.1. The topological polar surface area (TPSA) is 57.6 Å². The highest BCUT2D eigenvalue weighted by atomic mass is 16.4. The summed E-state index contributed by atoms with van der Waals surface area (Å²) in [5.74, 6) is -1.31. The van der Waals surface area contributed by atoms with Crippen LogP contribution in [0.5, 0.6) is 0 Å². The van der Waals surface area contributed by atoms with E-state index in [2.05, 4.69) is 0 Å². The molecule has 2 rings (SSSR count). The van der Waals surface area contributed by atoms with Crippen LogP contribution in [-0.4, -0.2) is 23.0 Å². The van der Waals surface area contributed by atoms with Crippen LogP contribution < -0.4 is 4.90 Å². The van der Waals surface area contributed by atoms with Crippen molar-refractivity contribution in [3.8, 4) is 0 Å². The van der Waals surface area contributed by atoms with Crippen molar-refractivity contribution in [2.24, 2.45) is 0 Å². The normalized spacial score (nSPS) is 12.1. The number of aliphatic carboxylic acids is 1. The summed E-state index contributed by atoms with van der Waals surface area (Å²) in [5.41, 5.74) is 0.598. The van der Waals surface area contributed by atoms with Crippen molar-refractivity contribution >= 4 is 28.3 Å². The van der Waals surface area contributed by atoms with Crippen molar-refractivity contribution in [2.45, 2.75) is 19.9 Å². The Balaban J connectivity index is 2.50. The highest BCUT2D eigenvalue weighted by Crippen LogP contribution is 2.23. The van der Waals surface area contributed by atoms with Crippen LogP contribution in [0.3, 0.4) is 0 Å². The molecule has 4 nitrogen and oxygen atoms in total. The highest BCUT2D eigenvalue weighted by Gasteiger charge is 2.24. The molecule has 1 atom stereocenters. The Morgan fingerprint density at radius 3 is 2.32 bits per heavy atom. The average molecular weight is 257 g/mol. The van der Waals surface area contributed by atoms with Gasteiger partial charge >= 0.3 is 5.97 Å². The first-order valence-corrected chi connectivity index (χ1v) is 6.02. The Bertz CT molecular complexity index is 636. The molecule has 0 aromatic heterocycles. The summed E-state index contributed by atoms with van der Waals surface area (Å²) < 4.78 is 0. The summed E-state index contributed by atoms with van der Waals surface area (Å²) in [4.78, 5) is 24.1. The van der Waals surface area contributed by atoms with Crippen LogP contribution in [0.15, 0.2) is 42.5 Å². The maximum atomic E-state index is 11.7. The molecule has 1 amide bonds. The number of nitrogens with zero attached hydrogens (tertiary/aromatic N) is 1. The second kappa shape index (κ2) is 5.10. The third-order valence-corrected chi connectivity index (χ3v) is 3.10. The molecule has 98 valence electrons. The zero-order valence-corrected chi connectivity index (χ0v) is 10.8. The first-order chi connectivity index (χ1) is 9.00. The highest BCUT2D eigenvalue weighted by molar-refractivity contribution is 5.99. The number of carboxylic acid groups (broad SMARTS) is 1. The van der Waals surface area contributed by atoms with E-state index in [0.29, 0.717) is 5.69 Å². The summed E-state index contributed by atoms with van der Waals surface area (Å²) in [6.45, 7) is 2.87. The van der Waals surface area contributed by atoms with E-state index in [0.717, 1.165) is 10.8 Å². The number of carboxylic acids is 1. The molecule has 0 aliphatic heterocycles. The zero-order chi connectivity index (χ0) is 14.0. The van der Waals surface area contributed by atoms with E-state index in [1.54, 1.807) is 6.07 Å². The van der Waals surface area contributed by atoms with Gasteiger partial charge in [0.05, 0.1) is 0 Å². The van der Waals surface area contributed by atoms with Crippen molar-refractivity contribution in [3.05, 3.63) is 42.5 Å². The first-order valence-electron chi connectivity index (χ1n) is 6.02. The van der Waals surface area contributed by atoms with Crippen molar-refractivity contribution in [2.75, 3.05) is 4.90 Å². The number of benzene rings is 2. The average Bonchev–Trinajstić information content (AvgIpc) is 2.38. The molecule has 19 heavy (non-hydrogen) atoms. The lowest BCUT2D eigenvalue weighted by Gasteiger charge is -2.25. The summed E-state index contributed by atoms with van der Waals surface area (Å²) in [6.07, 6.45) is 0. The smallest absolute Gasteiger partial charge is 0.326 e. The predicted octanol–water partition coefficient (Wildman–Crippen LogP) is 2.67. The Morgan fingerprint density at radius 1 is 1.11 bits per heavy atom.